The maximum absolute atomic E-state index is 12.6. The van der Waals surface area contributed by atoms with E-state index in [1.165, 1.54) is 18.4 Å². The smallest absolute Gasteiger partial charge is 0.233 e. The van der Waals surface area contributed by atoms with E-state index in [1.54, 1.807) is 11.8 Å². The Balaban J connectivity index is 1.47. The van der Waals surface area contributed by atoms with Gasteiger partial charge in [-0.2, -0.15) is 11.8 Å². The van der Waals surface area contributed by atoms with Gasteiger partial charge >= 0.3 is 0 Å². The molecule has 122 valence electrons. The average Bonchev–Trinajstić information content (AvgIpc) is 3.08. The van der Waals surface area contributed by atoms with Crippen molar-refractivity contribution in [1.82, 2.24) is 14.9 Å². The Morgan fingerprint density at radius 2 is 2.26 bits per heavy atom. The summed E-state index contributed by atoms with van der Waals surface area (Å²) < 4.78 is 0. The summed E-state index contributed by atoms with van der Waals surface area (Å²) in [6, 6.07) is 6.38. The van der Waals surface area contributed by atoms with E-state index in [-0.39, 0.29) is 11.9 Å². The molecule has 1 aromatic heterocycles. The highest BCUT2D eigenvalue weighted by Crippen LogP contribution is 2.34. The molecule has 23 heavy (non-hydrogen) atoms. The zero-order chi connectivity index (χ0) is 15.8. The molecule has 0 radical (unpaired) electrons. The third kappa shape index (κ3) is 3.25. The molecule has 4 nitrogen and oxygen atoms in total. The maximum Gasteiger partial charge on any atom is 0.233 e. The molecule has 2 heterocycles. The van der Waals surface area contributed by atoms with Gasteiger partial charge in [-0.3, -0.25) is 4.79 Å². The van der Waals surface area contributed by atoms with E-state index in [2.05, 4.69) is 30.1 Å². The zero-order valence-electron chi connectivity index (χ0n) is 13.5. The fourth-order valence-electron chi connectivity index (χ4n) is 3.33. The van der Waals surface area contributed by atoms with Gasteiger partial charge in [0.25, 0.3) is 0 Å². The van der Waals surface area contributed by atoms with Crippen LogP contribution in [0.1, 0.15) is 43.1 Å². The van der Waals surface area contributed by atoms with Crippen molar-refractivity contribution >= 4 is 28.7 Å². The number of thioether (sulfide) groups is 1. The van der Waals surface area contributed by atoms with Crippen LogP contribution in [0, 0.1) is 12.8 Å². The number of hydrogen-bond acceptors (Lipinski definition) is 3. The van der Waals surface area contributed by atoms with Crippen LogP contribution in [0.3, 0.4) is 0 Å². The predicted molar refractivity (Wildman–Crippen MR) is 94.6 cm³/mol. The van der Waals surface area contributed by atoms with E-state index < -0.39 is 0 Å². The van der Waals surface area contributed by atoms with E-state index in [0.29, 0.717) is 5.75 Å². The van der Waals surface area contributed by atoms with E-state index in [1.807, 2.05) is 4.90 Å². The first-order valence-electron chi connectivity index (χ1n) is 8.54. The normalized spacial score (nSPS) is 21.3. The first kappa shape index (κ1) is 15.1. The minimum atomic E-state index is 0.122. The lowest BCUT2D eigenvalue weighted by Crippen LogP contribution is -2.32. The van der Waals surface area contributed by atoms with E-state index >= 15 is 0 Å². The summed E-state index contributed by atoms with van der Waals surface area (Å²) in [7, 11) is 0. The quantitative estimate of drug-likeness (QED) is 0.910. The van der Waals surface area contributed by atoms with Crippen molar-refractivity contribution in [3.63, 3.8) is 0 Å². The van der Waals surface area contributed by atoms with E-state index in [0.717, 1.165) is 47.9 Å². The number of aromatic amines is 1. The Labute approximate surface area is 141 Å². The summed E-state index contributed by atoms with van der Waals surface area (Å²) in [5.41, 5.74) is 3.29. The van der Waals surface area contributed by atoms with Crippen LogP contribution in [0.15, 0.2) is 18.2 Å². The second-order valence-corrected chi connectivity index (χ2v) is 7.88. The number of imidazole rings is 1. The Kier molecular flexibility index (Phi) is 4.05. The van der Waals surface area contributed by atoms with Crippen LogP contribution in [0.5, 0.6) is 0 Å². The third-order valence-electron chi connectivity index (χ3n) is 4.82. The standard InChI is InChI=1S/C18H23N3OS/c1-12-4-7-14-15(9-12)20-18(19-14)16-3-2-8-21(16)17(22)11-23-10-13-5-6-13/h4,7,9,13,16H,2-3,5-6,8,10-11H2,1H3,(H,19,20)/t16-/m1/s1. The van der Waals surface area contributed by atoms with Crippen molar-refractivity contribution in [3.8, 4) is 0 Å². The molecule has 1 aromatic carbocycles. The molecular weight excluding hydrogens is 306 g/mol. The van der Waals surface area contributed by atoms with Crippen LogP contribution < -0.4 is 0 Å². The zero-order valence-corrected chi connectivity index (χ0v) is 14.4. The number of benzene rings is 1. The van der Waals surface area contributed by atoms with Gasteiger partial charge in [-0.05, 0) is 62.0 Å². The highest BCUT2D eigenvalue weighted by molar-refractivity contribution is 7.99. The Morgan fingerprint density at radius 3 is 3.09 bits per heavy atom. The summed E-state index contributed by atoms with van der Waals surface area (Å²) in [6.45, 7) is 2.95. The summed E-state index contributed by atoms with van der Waals surface area (Å²) in [5, 5.41) is 0. The van der Waals surface area contributed by atoms with Crippen molar-refractivity contribution in [2.24, 2.45) is 5.92 Å². The number of rotatable bonds is 5. The molecule has 0 unspecified atom stereocenters. The predicted octanol–water partition coefficient (Wildman–Crippen LogP) is 3.68. The number of likely N-dealkylation sites (tertiary alicyclic amines) is 1. The number of carbonyl (C=O) groups is 1. The monoisotopic (exact) mass is 329 g/mol. The minimum Gasteiger partial charge on any atom is -0.340 e. The Morgan fingerprint density at radius 1 is 1.39 bits per heavy atom. The van der Waals surface area contributed by atoms with Crippen LogP contribution >= 0.6 is 11.8 Å². The molecule has 0 bridgehead atoms. The molecule has 4 rings (SSSR count). The van der Waals surface area contributed by atoms with Crippen molar-refractivity contribution in [2.45, 2.75) is 38.6 Å². The molecule has 1 saturated heterocycles. The topological polar surface area (TPSA) is 49.0 Å². The number of hydrogen-bond donors (Lipinski definition) is 1. The van der Waals surface area contributed by atoms with Crippen LogP contribution in [-0.4, -0.2) is 38.8 Å². The fourth-order valence-corrected chi connectivity index (χ4v) is 4.46. The van der Waals surface area contributed by atoms with Gasteiger partial charge in [0.1, 0.15) is 5.82 Å². The maximum atomic E-state index is 12.6. The molecule has 1 saturated carbocycles. The molecular formula is C18H23N3OS. The molecule has 5 heteroatoms. The van der Waals surface area contributed by atoms with Gasteiger partial charge in [-0.1, -0.05) is 6.07 Å². The lowest BCUT2D eigenvalue weighted by molar-refractivity contribution is -0.129. The number of carbonyl (C=O) groups excluding carboxylic acids is 1. The summed E-state index contributed by atoms with van der Waals surface area (Å²) in [6.07, 6.45) is 4.79. The van der Waals surface area contributed by atoms with Crippen LogP contribution in [0.2, 0.25) is 0 Å². The van der Waals surface area contributed by atoms with Gasteiger partial charge in [-0.15, -0.1) is 0 Å². The highest BCUT2D eigenvalue weighted by Gasteiger charge is 2.32. The van der Waals surface area contributed by atoms with Crippen molar-refractivity contribution in [2.75, 3.05) is 18.1 Å². The van der Waals surface area contributed by atoms with Gasteiger partial charge < -0.3 is 9.88 Å². The second-order valence-electron chi connectivity index (χ2n) is 6.85. The first-order chi connectivity index (χ1) is 11.2. The largest absolute Gasteiger partial charge is 0.340 e. The molecule has 1 atom stereocenters. The highest BCUT2D eigenvalue weighted by atomic mass is 32.2. The minimum absolute atomic E-state index is 0.122. The number of amides is 1. The molecule has 1 aliphatic heterocycles. The summed E-state index contributed by atoms with van der Waals surface area (Å²) in [4.78, 5) is 22.8. The number of aromatic nitrogens is 2. The second kappa shape index (κ2) is 6.19. The van der Waals surface area contributed by atoms with Gasteiger partial charge in [-0.25, -0.2) is 4.98 Å². The van der Waals surface area contributed by atoms with Crippen LogP contribution in [0.4, 0.5) is 0 Å². The number of nitrogens with one attached hydrogen (secondary N) is 1. The van der Waals surface area contributed by atoms with Gasteiger partial charge in [0.15, 0.2) is 0 Å². The molecule has 2 aromatic rings. The van der Waals surface area contributed by atoms with Gasteiger partial charge in [0.05, 0.1) is 22.8 Å². The average molecular weight is 329 g/mol. The van der Waals surface area contributed by atoms with Crippen molar-refractivity contribution in [3.05, 3.63) is 29.6 Å². The number of fused-ring (bicyclic) bond motifs is 1. The fraction of sp³-hybridized carbons (Fsp3) is 0.556. The van der Waals surface area contributed by atoms with Crippen LogP contribution in [-0.2, 0) is 4.79 Å². The molecule has 2 fully saturated rings. The SMILES string of the molecule is Cc1ccc2nc([C@H]3CCCN3C(=O)CSCC3CC3)[nH]c2c1. The van der Waals surface area contributed by atoms with Gasteiger partial charge in [0, 0.05) is 6.54 Å². The first-order valence-corrected chi connectivity index (χ1v) is 9.69. The van der Waals surface area contributed by atoms with E-state index in [9.17, 15) is 4.79 Å². The summed E-state index contributed by atoms with van der Waals surface area (Å²) >= 11 is 1.80. The molecule has 1 aliphatic carbocycles. The van der Waals surface area contributed by atoms with E-state index in [4.69, 9.17) is 4.98 Å². The lowest BCUT2D eigenvalue weighted by Gasteiger charge is -2.23. The van der Waals surface area contributed by atoms with Gasteiger partial charge in [0.2, 0.25) is 5.91 Å². The molecule has 1 N–H and O–H groups in total. The van der Waals surface area contributed by atoms with Crippen molar-refractivity contribution < 1.29 is 4.79 Å². The number of H-pyrrole nitrogens is 1. The molecule has 1 amide bonds. The Bertz CT molecular complexity index is 722. The van der Waals surface area contributed by atoms with Crippen LogP contribution in [0.25, 0.3) is 11.0 Å². The lowest BCUT2D eigenvalue weighted by atomic mass is 10.2. The molecule has 0 spiro atoms. The van der Waals surface area contributed by atoms with Crippen molar-refractivity contribution in [1.29, 1.82) is 0 Å². The number of nitrogens with zero attached hydrogens (tertiary/aromatic N) is 2. The third-order valence-corrected chi connectivity index (χ3v) is 5.98. The number of aryl methyl sites for hydroxylation is 1. The summed E-state index contributed by atoms with van der Waals surface area (Å²) in [5.74, 6) is 3.86. The molecule has 2 aliphatic rings. The Hall–Kier alpha value is -1.49.